The maximum absolute atomic E-state index is 12.1. The summed E-state index contributed by atoms with van der Waals surface area (Å²) in [4.78, 5) is 12.1. The van der Waals surface area contributed by atoms with Crippen LogP contribution in [0.3, 0.4) is 0 Å². The van der Waals surface area contributed by atoms with Gasteiger partial charge in [-0.1, -0.05) is 12.1 Å². The molecule has 0 aliphatic heterocycles. The van der Waals surface area contributed by atoms with Gasteiger partial charge in [-0.25, -0.2) is 0 Å². The van der Waals surface area contributed by atoms with Crippen LogP contribution in [0.25, 0.3) is 0 Å². The summed E-state index contributed by atoms with van der Waals surface area (Å²) in [6.45, 7) is 0.427. The molecule has 0 bridgehead atoms. The molecule has 2 heterocycles. The zero-order valence-corrected chi connectivity index (χ0v) is 11.0. The molecule has 106 valence electrons. The fraction of sp³-hybridized carbons (Fsp3) is 0.0714. The van der Waals surface area contributed by atoms with E-state index in [1.807, 2.05) is 12.3 Å². The van der Waals surface area contributed by atoms with Crippen molar-refractivity contribution in [2.75, 3.05) is 5.32 Å². The SMILES string of the molecule is O=C(Nc1ccccc1O)c1ccn(Cn2cccn2)n1. The van der Waals surface area contributed by atoms with Crippen LogP contribution in [0.5, 0.6) is 5.75 Å². The van der Waals surface area contributed by atoms with Crippen LogP contribution in [0.4, 0.5) is 5.69 Å². The third-order valence-corrected chi connectivity index (χ3v) is 2.87. The first-order chi connectivity index (χ1) is 10.2. The van der Waals surface area contributed by atoms with Gasteiger partial charge in [0.15, 0.2) is 5.69 Å². The third kappa shape index (κ3) is 2.92. The first-order valence-electron chi connectivity index (χ1n) is 6.32. The standard InChI is InChI=1S/C14H13N5O2/c20-13-5-2-1-4-11(13)16-14(21)12-6-9-19(17-12)10-18-8-3-7-15-18/h1-9,20H,10H2,(H,16,21). The van der Waals surface area contributed by atoms with E-state index in [-0.39, 0.29) is 17.4 Å². The minimum atomic E-state index is -0.379. The average molecular weight is 283 g/mol. The van der Waals surface area contributed by atoms with Crippen LogP contribution in [0, 0.1) is 0 Å². The number of aromatic nitrogens is 4. The van der Waals surface area contributed by atoms with Crippen LogP contribution in [-0.4, -0.2) is 30.6 Å². The normalized spacial score (nSPS) is 10.5. The minimum Gasteiger partial charge on any atom is -0.506 e. The van der Waals surface area contributed by atoms with Crippen LogP contribution in [0.2, 0.25) is 0 Å². The molecule has 21 heavy (non-hydrogen) atoms. The maximum Gasteiger partial charge on any atom is 0.276 e. The van der Waals surface area contributed by atoms with Gasteiger partial charge >= 0.3 is 0 Å². The second-order valence-corrected chi connectivity index (χ2v) is 4.40. The predicted molar refractivity (Wildman–Crippen MR) is 75.9 cm³/mol. The highest BCUT2D eigenvalue weighted by atomic mass is 16.3. The largest absolute Gasteiger partial charge is 0.506 e. The Morgan fingerprint density at radius 3 is 2.76 bits per heavy atom. The molecule has 2 aromatic heterocycles. The molecule has 1 aromatic carbocycles. The van der Waals surface area contributed by atoms with Crippen molar-refractivity contribution in [2.45, 2.75) is 6.67 Å². The van der Waals surface area contributed by atoms with Crippen molar-refractivity contribution < 1.29 is 9.90 Å². The molecule has 0 atom stereocenters. The molecule has 3 rings (SSSR count). The van der Waals surface area contributed by atoms with Gasteiger partial charge in [0.2, 0.25) is 0 Å². The Hall–Kier alpha value is -3.09. The van der Waals surface area contributed by atoms with Crippen LogP contribution in [0.15, 0.2) is 55.0 Å². The van der Waals surface area contributed by atoms with Gasteiger partial charge in [0.1, 0.15) is 12.4 Å². The lowest BCUT2D eigenvalue weighted by molar-refractivity contribution is 0.102. The van der Waals surface area contributed by atoms with Crippen molar-refractivity contribution in [3.05, 3.63) is 60.7 Å². The first-order valence-corrected chi connectivity index (χ1v) is 6.32. The highest BCUT2D eigenvalue weighted by Crippen LogP contribution is 2.21. The number of carbonyl (C=O) groups is 1. The highest BCUT2D eigenvalue weighted by Gasteiger charge is 2.11. The molecular weight excluding hydrogens is 270 g/mol. The van der Waals surface area contributed by atoms with E-state index >= 15 is 0 Å². The Morgan fingerprint density at radius 2 is 2.00 bits per heavy atom. The van der Waals surface area contributed by atoms with Gasteiger partial charge in [0.25, 0.3) is 5.91 Å². The van der Waals surface area contributed by atoms with Crippen molar-refractivity contribution in [3.8, 4) is 5.75 Å². The summed E-state index contributed by atoms with van der Waals surface area (Å²) in [6, 6.07) is 9.96. The van der Waals surface area contributed by atoms with Gasteiger partial charge in [-0.15, -0.1) is 0 Å². The number of rotatable bonds is 4. The molecule has 0 saturated carbocycles. The van der Waals surface area contributed by atoms with E-state index in [0.29, 0.717) is 12.4 Å². The van der Waals surface area contributed by atoms with Gasteiger partial charge in [0, 0.05) is 18.6 Å². The van der Waals surface area contributed by atoms with E-state index in [4.69, 9.17) is 0 Å². The number of hydrogen-bond acceptors (Lipinski definition) is 4. The minimum absolute atomic E-state index is 0.0156. The smallest absolute Gasteiger partial charge is 0.276 e. The average Bonchev–Trinajstić information content (AvgIpc) is 3.13. The van der Waals surface area contributed by atoms with E-state index in [9.17, 15) is 9.90 Å². The summed E-state index contributed by atoms with van der Waals surface area (Å²) >= 11 is 0. The molecule has 2 N–H and O–H groups in total. The Balaban J connectivity index is 1.71. The van der Waals surface area contributed by atoms with Crippen molar-refractivity contribution in [2.24, 2.45) is 0 Å². The summed E-state index contributed by atoms with van der Waals surface area (Å²) in [5.74, 6) is -0.363. The second kappa shape index (κ2) is 5.49. The van der Waals surface area contributed by atoms with Gasteiger partial charge < -0.3 is 10.4 Å². The van der Waals surface area contributed by atoms with Crippen molar-refractivity contribution in [1.82, 2.24) is 19.6 Å². The maximum atomic E-state index is 12.1. The Kier molecular flexibility index (Phi) is 3.38. The quantitative estimate of drug-likeness (QED) is 0.711. The van der Waals surface area contributed by atoms with Gasteiger partial charge in [0.05, 0.1) is 5.69 Å². The zero-order chi connectivity index (χ0) is 14.7. The Labute approximate surface area is 120 Å². The molecule has 1 amide bonds. The summed E-state index contributed by atoms with van der Waals surface area (Å²) in [7, 11) is 0. The number of nitrogens with one attached hydrogen (secondary N) is 1. The molecule has 0 aliphatic carbocycles. The fourth-order valence-corrected chi connectivity index (χ4v) is 1.86. The van der Waals surface area contributed by atoms with Crippen molar-refractivity contribution >= 4 is 11.6 Å². The number of phenols is 1. The number of carbonyl (C=O) groups excluding carboxylic acids is 1. The number of nitrogens with zero attached hydrogens (tertiary/aromatic N) is 4. The van der Waals surface area contributed by atoms with Crippen molar-refractivity contribution in [3.63, 3.8) is 0 Å². The highest BCUT2D eigenvalue weighted by molar-refractivity contribution is 6.03. The van der Waals surface area contributed by atoms with E-state index in [2.05, 4.69) is 15.5 Å². The Morgan fingerprint density at radius 1 is 1.14 bits per heavy atom. The third-order valence-electron chi connectivity index (χ3n) is 2.87. The molecule has 0 saturated heterocycles. The number of aromatic hydroxyl groups is 1. The van der Waals surface area contributed by atoms with Crippen LogP contribution < -0.4 is 5.32 Å². The molecule has 0 radical (unpaired) electrons. The zero-order valence-electron chi connectivity index (χ0n) is 11.0. The van der Waals surface area contributed by atoms with Gasteiger partial charge in [-0.3, -0.25) is 14.2 Å². The first kappa shape index (κ1) is 12.9. The van der Waals surface area contributed by atoms with Crippen LogP contribution in [-0.2, 0) is 6.67 Å². The summed E-state index contributed by atoms with van der Waals surface area (Å²) < 4.78 is 3.30. The molecule has 7 heteroatoms. The molecule has 0 fully saturated rings. The molecule has 7 nitrogen and oxygen atoms in total. The molecular formula is C14H13N5O2. The number of anilines is 1. The lowest BCUT2D eigenvalue weighted by Gasteiger charge is -2.05. The monoisotopic (exact) mass is 283 g/mol. The Bertz CT molecular complexity index is 748. The molecule has 0 aliphatic rings. The van der Waals surface area contributed by atoms with E-state index in [0.717, 1.165) is 0 Å². The number of amides is 1. The molecule has 0 unspecified atom stereocenters. The number of hydrogen-bond donors (Lipinski definition) is 2. The van der Waals surface area contributed by atoms with Crippen LogP contribution >= 0.6 is 0 Å². The topological polar surface area (TPSA) is 85.0 Å². The van der Waals surface area contributed by atoms with Gasteiger partial charge in [-0.05, 0) is 24.3 Å². The summed E-state index contributed by atoms with van der Waals surface area (Å²) in [6.07, 6.45) is 5.18. The summed E-state index contributed by atoms with van der Waals surface area (Å²) in [5.41, 5.74) is 0.620. The number of para-hydroxylation sites is 2. The molecule has 0 spiro atoms. The fourth-order valence-electron chi connectivity index (χ4n) is 1.86. The van der Waals surface area contributed by atoms with E-state index in [1.54, 1.807) is 46.0 Å². The molecule has 3 aromatic rings. The van der Waals surface area contributed by atoms with E-state index < -0.39 is 0 Å². The number of phenolic OH excluding ortho intramolecular Hbond substituents is 1. The van der Waals surface area contributed by atoms with Crippen LogP contribution in [0.1, 0.15) is 10.5 Å². The van der Waals surface area contributed by atoms with Crippen molar-refractivity contribution in [1.29, 1.82) is 0 Å². The predicted octanol–water partition coefficient (Wildman–Crippen LogP) is 1.54. The second-order valence-electron chi connectivity index (χ2n) is 4.40. The lowest BCUT2D eigenvalue weighted by Crippen LogP contribution is -2.15. The van der Waals surface area contributed by atoms with E-state index in [1.165, 1.54) is 6.07 Å². The van der Waals surface area contributed by atoms with Gasteiger partial charge in [-0.2, -0.15) is 10.2 Å². The lowest BCUT2D eigenvalue weighted by atomic mass is 10.3. The summed E-state index contributed by atoms with van der Waals surface area (Å²) in [5, 5.41) is 20.5. The number of benzene rings is 1.